The second-order valence-electron chi connectivity index (χ2n) is 8.24. The summed E-state index contributed by atoms with van der Waals surface area (Å²) in [5.41, 5.74) is 1.85. The largest absolute Gasteiger partial charge is 0.462 e. The summed E-state index contributed by atoms with van der Waals surface area (Å²) in [6, 6.07) is 11.0. The number of furan rings is 1. The van der Waals surface area contributed by atoms with Gasteiger partial charge in [-0.2, -0.15) is 5.26 Å². The van der Waals surface area contributed by atoms with Crippen molar-refractivity contribution >= 4 is 34.3 Å². The number of hydrogen-bond acceptors (Lipinski definition) is 6. The molecule has 2 heterocycles. The molecule has 3 aromatic rings. The number of fused-ring (bicyclic) bond motifs is 1. The van der Waals surface area contributed by atoms with Gasteiger partial charge in [-0.3, -0.25) is 4.79 Å². The summed E-state index contributed by atoms with van der Waals surface area (Å²) in [5.74, 6) is -0.635. The lowest BCUT2D eigenvalue weighted by Gasteiger charge is -2.12. The smallest absolute Gasteiger partial charge is 0.341 e. The van der Waals surface area contributed by atoms with E-state index >= 15 is 0 Å². The molecule has 0 atom stereocenters. The fraction of sp³-hybridized carbons (Fsp3) is 0.296. The maximum Gasteiger partial charge on any atom is 0.341 e. The Morgan fingerprint density at radius 3 is 2.71 bits per heavy atom. The molecule has 1 amide bonds. The van der Waals surface area contributed by atoms with Gasteiger partial charge in [0.25, 0.3) is 5.91 Å². The molecule has 2 aromatic heterocycles. The van der Waals surface area contributed by atoms with Crippen LogP contribution in [0.1, 0.15) is 59.2 Å². The van der Waals surface area contributed by atoms with Crippen LogP contribution in [0, 0.1) is 17.1 Å². The van der Waals surface area contributed by atoms with Gasteiger partial charge in [-0.05, 0) is 74.1 Å². The molecular formula is C27H25FN2O4S. The lowest BCUT2D eigenvalue weighted by atomic mass is 9.95. The number of hydrogen-bond donors (Lipinski definition) is 1. The van der Waals surface area contributed by atoms with Crippen LogP contribution in [0.25, 0.3) is 17.4 Å². The normalized spacial score (nSPS) is 13.1. The summed E-state index contributed by atoms with van der Waals surface area (Å²) < 4.78 is 24.3. The number of anilines is 1. The predicted octanol–water partition coefficient (Wildman–Crippen LogP) is 6.53. The van der Waals surface area contributed by atoms with Gasteiger partial charge in [0.2, 0.25) is 0 Å². The number of thiophene rings is 1. The van der Waals surface area contributed by atoms with Crippen molar-refractivity contribution in [3.63, 3.8) is 0 Å². The van der Waals surface area contributed by atoms with Gasteiger partial charge in [-0.25, -0.2) is 9.18 Å². The third-order valence-electron chi connectivity index (χ3n) is 5.74. The third kappa shape index (κ3) is 5.69. The zero-order valence-electron chi connectivity index (χ0n) is 19.4. The molecule has 1 aromatic carbocycles. The van der Waals surface area contributed by atoms with Crippen molar-refractivity contribution in [2.45, 2.75) is 45.4 Å². The molecule has 1 aliphatic carbocycles. The van der Waals surface area contributed by atoms with Gasteiger partial charge in [0.05, 0.1) is 12.2 Å². The van der Waals surface area contributed by atoms with Gasteiger partial charge >= 0.3 is 5.97 Å². The highest BCUT2D eigenvalue weighted by molar-refractivity contribution is 7.17. The molecule has 0 spiro atoms. The van der Waals surface area contributed by atoms with Crippen LogP contribution in [0.5, 0.6) is 0 Å². The van der Waals surface area contributed by atoms with E-state index in [9.17, 15) is 19.2 Å². The van der Waals surface area contributed by atoms with Crippen molar-refractivity contribution in [2.75, 3.05) is 11.9 Å². The summed E-state index contributed by atoms with van der Waals surface area (Å²) >= 11 is 1.37. The Balaban J connectivity index is 1.56. The molecule has 0 bridgehead atoms. The molecule has 1 aliphatic rings. The number of esters is 1. The number of ether oxygens (including phenoxy) is 1. The highest BCUT2D eigenvalue weighted by atomic mass is 32.1. The minimum absolute atomic E-state index is 0.165. The lowest BCUT2D eigenvalue weighted by molar-refractivity contribution is -0.112. The fourth-order valence-corrected chi connectivity index (χ4v) is 5.18. The molecular weight excluding hydrogens is 467 g/mol. The van der Waals surface area contributed by atoms with Gasteiger partial charge in [0.1, 0.15) is 34.0 Å². The standard InChI is InChI=1S/C27H25FN2O4S/c1-2-3-14-33-27(32)24-21-6-4-5-7-23(21)35-26(24)30-25(31)18(16-29)15-20-12-13-22(34-20)17-8-10-19(28)11-9-17/h8-13,15H,2-7,14H2,1H3,(H,30,31)/b18-15+. The lowest BCUT2D eigenvalue weighted by Crippen LogP contribution is -2.17. The van der Waals surface area contributed by atoms with Crippen molar-refractivity contribution in [1.82, 2.24) is 0 Å². The van der Waals surface area contributed by atoms with E-state index in [1.165, 1.54) is 29.5 Å². The topological polar surface area (TPSA) is 92.3 Å². The highest BCUT2D eigenvalue weighted by Gasteiger charge is 2.28. The number of carbonyl (C=O) groups is 2. The molecule has 0 radical (unpaired) electrons. The minimum Gasteiger partial charge on any atom is -0.462 e. The number of unbranched alkanes of at least 4 members (excludes halogenated alkanes) is 1. The Morgan fingerprint density at radius 2 is 1.97 bits per heavy atom. The molecule has 35 heavy (non-hydrogen) atoms. The Kier molecular flexibility index (Phi) is 7.78. The van der Waals surface area contributed by atoms with E-state index in [1.807, 2.05) is 13.0 Å². The Morgan fingerprint density at radius 1 is 1.20 bits per heavy atom. The maximum atomic E-state index is 13.2. The second-order valence-corrected chi connectivity index (χ2v) is 9.34. The molecule has 0 unspecified atom stereocenters. The zero-order chi connectivity index (χ0) is 24.8. The van der Waals surface area contributed by atoms with E-state index in [-0.39, 0.29) is 11.4 Å². The van der Waals surface area contributed by atoms with Crippen LogP contribution >= 0.6 is 11.3 Å². The molecule has 6 nitrogen and oxygen atoms in total. The van der Waals surface area contributed by atoms with E-state index in [4.69, 9.17) is 9.15 Å². The molecule has 1 N–H and O–H groups in total. The fourth-order valence-electron chi connectivity index (χ4n) is 3.91. The number of benzene rings is 1. The van der Waals surface area contributed by atoms with Crippen LogP contribution < -0.4 is 5.32 Å². The monoisotopic (exact) mass is 492 g/mol. The molecule has 0 fully saturated rings. The molecule has 0 saturated heterocycles. The van der Waals surface area contributed by atoms with Crippen LogP contribution in [0.3, 0.4) is 0 Å². The van der Waals surface area contributed by atoms with Gasteiger partial charge in [0.15, 0.2) is 0 Å². The highest BCUT2D eigenvalue weighted by Crippen LogP contribution is 2.39. The first-order valence-electron chi connectivity index (χ1n) is 11.6. The van der Waals surface area contributed by atoms with Gasteiger partial charge < -0.3 is 14.5 Å². The van der Waals surface area contributed by atoms with Crippen molar-refractivity contribution in [3.8, 4) is 17.4 Å². The Bertz CT molecular complexity index is 1300. The minimum atomic E-state index is -0.631. The van der Waals surface area contributed by atoms with Crippen molar-refractivity contribution in [3.05, 3.63) is 69.6 Å². The number of nitrogens with one attached hydrogen (secondary N) is 1. The van der Waals surface area contributed by atoms with Gasteiger partial charge in [0, 0.05) is 16.5 Å². The number of amides is 1. The van der Waals surface area contributed by atoms with Crippen LogP contribution in [0.15, 0.2) is 46.4 Å². The van der Waals surface area contributed by atoms with Crippen molar-refractivity contribution < 1.29 is 23.1 Å². The maximum absolute atomic E-state index is 13.2. The van der Waals surface area contributed by atoms with Gasteiger partial charge in [-0.15, -0.1) is 11.3 Å². The zero-order valence-corrected chi connectivity index (χ0v) is 20.2. The molecule has 8 heteroatoms. The number of halogens is 1. The van der Waals surface area contributed by atoms with Crippen LogP contribution in [0.4, 0.5) is 9.39 Å². The molecule has 4 rings (SSSR count). The van der Waals surface area contributed by atoms with Crippen molar-refractivity contribution in [2.24, 2.45) is 0 Å². The summed E-state index contributed by atoms with van der Waals surface area (Å²) in [5, 5.41) is 12.8. The first kappa shape index (κ1) is 24.4. The first-order chi connectivity index (χ1) is 17.0. The average molecular weight is 493 g/mol. The van der Waals surface area contributed by atoms with E-state index in [2.05, 4.69) is 5.32 Å². The van der Waals surface area contributed by atoms with E-state index < -0.39 is 11.9 Å². The first-order valence-corrected chi connectivity index (χ1v) is 12.4. The second kappa shape index (κ2) is 11.2. The number of nitrogens with zero attached hydrogens (tertiary/aromatic N) is 1. The summed E-state index contributed by atoms with van der Waals surface area (Å²) in [4.78, 5) is 26.9. The Hall–Kier alpha value is -3.70. The summed E-state index contributed by atoms with van der Waals surface area (Å²) in [7, 11) is 0. The van der Waals surface area contributed by atoms with Crippen LogP contribution in [-0.4, -0.2) is 18.5 Å². The quantitative estimate of drug-likeness (QED) is 0.167. The molecule has 0 aliphatic heterocycles. The van der Waals surface area contributed by atoms with Crippen LogP contribution in [0.2, 0.25) is 0 Å². The number of carbonyl (C=O) groups excluding carboxylic acids is 2. The van der Waals surface area contributed by atoms with E-state index in [1.54, 1.807) is 24.3 Å². The third-order valence-corrected chi connectivity index (χ3v) is 6.95. The SMILES string of the molecule is CCCCOC(=O)c1c(NC(=O)/C(C#N)=C/c2ccc(-c3ccc(F)cc3)o2)sc2c1CCCC2. The molecule has 180 valence electrons. The molecule has 0 saturated carbocycles. The van der Waals surface area contributed by atoms with Gasteiger partial charge in [-0.1, -0.05) is 13.3 Å². The summed E-state index contributed by atoms with van der Waals surface area (Å²) in [6.07, 6.45) is 6.64. The average Bonchev–Trinajstić information content (AvgIpc) is 3.47. The number of nitriles is 1. The van der Waals surface area contributed by atoms with Crippen LogP contribution in [-0.2, 0) is 22.4 Å². The number of rotatable bonds is 8. The Labute approximate surface area is 207 Å². The van der Waals surface area contributed by atoms with E-state index in [0.29, 0.717) is 34.3 Å². The summed E-state index contributed by atoms with van der Waals surface area (Å²) in [6.45, 7) is 2.34. The number of aryl methyl sites for hydroxylation is 1. The van der Waals surface area contributed by atoms with E-state index in [0.717, 1.165) is 49.0 Å². The van der Waals surface area contributed by atoms with Crippen molar-refractivity contribution in [1.29, 1.82) is 5.26 Å². The predicted molar refractivity (Wildman–Crippen MR) is 132 cm³/mol.